The minimum atomic E-state index is -2.14. The van der Waals surface area contributed by atoms with E-state index in [1.165, 1.54) is 18.7 Å². The molecule has 1 aliphatic heterocycles. The maximum atomic E-state index is 12.3. The van der Waals surface area contributed by atoms with Crippen molar-refractivity contribution in [2.75, 3.05) is 18.5 Å². The number of aliphatic hydroxyl groups excluding tert-OH is 3. The first-order valence-electron chi connectivity index (χ1n) is 10.1. The van der Waals surface area contributed by atoms with E-state index in [1.807, 2.05) is 0 Å². The molecular formula is C18H28N6O7. The van der Waals surface area contributed by atoms with Gasteiger partial charge in [0.1, 0.15) is 18.0 Å². The average molecular weight is 440 g/mol. The molecule has 4 atom stereocenters. The Labute approximate surface area is 178 Å². The molecule has 31 heavy (non-hydrogen) atoms. The summed E-state index contributed by atoms with van der Waals surface area (Å²) < 4.78 is 11.2. The lowest BCUT2D eigenvalue weighted by Crippen LogP contribution is -2.44. The molecule has 172 valence electrons. The highest BCUT2D eigenvalue weighted by Gasteiger charge is 2.54. The standard InChI is InChI=1S/C18H28N6O7/c1-2-3-4-5-6-7-10-30-17(29)21-12-8-9-24(16(28)20-12)15-13(26)14(27)18(11-25,31-15)22-23-19/h8-9,13-15,25-27H,2-7,10-11H2,1H3,(H,20,21,28,29)/t13-,14+,15?,18-/m1/s1. The van der Waals surface area contributed by atoms with Crippen molar-refractivity contribution in [3.63, 3.8) is 0 Å². The molecule has 4 N–H and O–H groups in total. The van der Waals surface area contributed by atoms with Gasteiger partial charge in [0.15, 0.2) is 6.23 Å². The van der Waals surface area contributed by atoms with Crippen molar-refractivity contribution in [2.24, 2.45) is 5.11 Å². The highest BCUT2D eigenvalue weighted by atomic mass is 16.6. The number of nitrogens with zero attached hydrogens (tertiary/aromatic N) is 5. The summed E-state index contributed by atoms with van der Waals surface area (Å²) in [6.07, 6.45) is 1.77. The van der Waals surface area contributed by atoms with Gasteiger partial charge in [-0.1, -0.05) is 44.1 Å². The fourth-order valence-electron chi connectivity index (χ4n) is 3.18. The van der Waals surface area contributed by atoms with Gasteiger partial charge < -0.3 is 24.8 Å². The van der Waals surface area contributed by atoms with Crippen LogP contribution in [0.5, 0.6) is 0 Å². The van der Waals surface area contributed by atoms with Crippen LogP contribution >= 0.6 is 0 Å². The Bertz CT molecular complexity index is 843. The summed E-state index contributed by atoms with van der Waals surface area (Å²) in [6, 6.07) is 1.27. The predicted molar refractivity (Wildman–Crippen MR) is 108 cm³/mol. The highest BCUT2D eigenvalue weighted by Crippen LogP contribution is 2.37. The molecule has 0 aromatic carbocycles. The van der Waals surface area contributed by atoms with Crippen molar-refractivity contribution in [1.82, 2.24) is 9.55 Å². The lowest BCUT2D eigenvalue weighted by molar-refractivity contribution is -0.125. The molecule has 0 spiro atoms. The summed E-state index contributed by atoms with van der Waals surface area (Å²) in [6.45, 7) is 1.47. The summed E-state index contributed by atoms with van der Waals surface area (Å²) in [5, 5.41) is 35.3. The predicted octanol–water partition coefficient (Wildman–Crippen LogP) is 1.40. The Kier molecular flexibility index (Phi) is 9.21. The van der Waals surface area contributed by atoms with Crippen LogP contribution in [0.15, 0.2) is 22.2 Å². The Balaban J connectivity index is 1.94. The number of hydrogen-bond acceptors (Lipinski definition) is 9. The number of unbranched alkanes of at least 4 members (excludes halogenated alkanes) is 5. The van der Waals surface area contributed by atoms with Gasteiger partial charge >= 0.3 is 11.8 Å². The molecular weight excluding hydrogens is 412 g/mol. The fourth-order valence-corrected chi connectivity index (χ4v) is 3.18. The van der Waals surface area contributed by atoms with Gasteiger partial charge in [-0.25, -0.2) is 9.59 Å². The third kappa shape index (κ3) is 6.15. The van der Waals surface area contributed by atoms with Gasteiger partial charge in [0.25, 0.3) is 0 Å². The van der Waals surface area contributed by atoms with Gasteiger partial charge in [0.2, 0.25) is 5.72 Å². The second-order valence-corrected chi connectivity index (χ2v) is 7.17. The molecule has 13 nitrogen and oxygen atoms in total. The molecule has 1 amide bonds. The van der Waals surface area contributed by atoms with E-state index in [2.05, 4.69) is 27.3 Å². The number of amides is 1. The number of aliphatic hydroxyl groups is 3. The summed E-state index contributed by atoms with van der Waals surface area (Å²) in [4.78, 5) is 30.3. The number of carbonyl (C=O) groups is 1. The topological polar surface area (TPSA) is 192 Å². The molecule has 2 heterocycles. The van der Waals surface area contributed by atoms with E-state index in [0.29, 0.717) is 0 Å². The molecule has 13 heteroatoms. The zero-order chi connectivity index (χ0) is 22.9. The van der Waals surface area contributed by atoms with E-state index in [1.54, 1.807) is 0 Å². The number of rotatable bonds is 11. The molecule has 1 aromatic rings. The largest absolute Gasteiger partial charge is 0.449 e. The maximum Gasteiger partial charge on any atom is 0.412 e. The minimum Gasteiger partial charge on any atom is -0.449 e. The van der Waals surface area contributed by atoms with Crippen molar-refractivity contribution < 1.29 is 29.6 Å². The third-order valence-electron chi connectivity index (χ3n) is 4.91. The van der Waals surface area contributed by atoms with E-state index in [-0.39, 0.29) is 12.4 Å². The summed E-state index contributed by atoms with van der Waals surface area (Å²) in [7, 11) is 0. The fraction of sp³-hybridized carbons (Fsp3) is 0.722. The van der Waals surface area contributed by atoms with Crippen molar-refractivity contribution in [2.45, 2.75) is 69.6 Å². The van der Waals surface area contributed by atoms with Crippen LogP contribution in [0.3, 0.4) is 0 Å². The van der Waals surface area contributed by atoms with Crippen LogP contribution in [0, 0.1) is 0 Å². The molecule has 0 bridgehead atoms. The molecule has 1 aliphatic rings. The number of anilines is 1. The molecule has 1 aromatic heterocycles. The molecule has 0 saturated carbocycles. The van der Waals surface area contributed by atoms with E-state index < -0.39 is 42.6 Å². The van der Waals surface area contributed by atoms with Crippen molar-refractivity contribution in [3.8, 4) is 0 Å². The number of carbonyl (C=O) groups excluding carboxylic acids is 1. The van der Waals surface area contributed by atoms with Gasteiger partial charge in [-0.05, 0) is 18.0 Å². The van der Waals surface area contributed by atoms with E-state index >= 15 is 0 Å². The number of ether oxygens (including phenoxy) is 2. The molecule has 2 rings (SSSR count). The number of hydrogen-bond donors (Lipinski definition) is 4. The first-order valence-corrected chi connectivity index (χ1v) is 10.1. The van der Waals surface area contributed by atoms with E-state index in [9.17, 15) is 24.9 Å². The maximum absolute atomic E-state index is 12.3. The second kappa shape index (κ2) is 11.6. The zero-order valence-corrected chi connectivity index (χ0v) is 17.3. The summed E-state index contributed by atoms with van der Waals surface area (Å²) >= 11 is 0. The molecule has 1 unspecified atom stereocenters. The Morgan fingerprint density at radius 3 is 2.74 bits per heavy atom. The van der Waals surface area contributed by atoms with Crippen LogP contribution in [0.25, 0.3) is 10.4 Å². The minimum absolute atomic E-state index is 0.0781. The average Bonchev–Trinajstić information content (AvgIpc) is 2.99. The van der Waals surface area contributed by atoms with Crippen LogP contribution < -0.4 is 11.0 Å². The number of nitrogens with one attached hydrogen (secondary N) is 1. The normalized spacial score (nSPS) is 25.1. The zero-order valence-electron chi connectivity index (χ0n) is 17.3. The van der Waals surface area contributed by atoms with Crippen LogP contribution in [-0.4, -0.2) is 62.1 Å². The third-order valence-corrected chi connectivity index (χ3v) is 4.91. The molecule has 1 fully saturated rings. The Hall–Kier alpha value is -2.70. The first kappa shape index (κ1) is 24.6. The van der Waals surface area contributed by atoms with E-state index in [0.717, 1.165) is 36.7 Å². The quantitative estimate of drug-likeness (QED) is 0.172. The van der Waals surface area contributed by atoms with Crippen LogP contribution in [-0.2, 0) is 9.47 Å². The Morgan fingerprint density at radius 2 is 2.10 bits per heavy atom. The smallest absolute Gasteiger partial charge is 0.412 e. The summed E-state index contributed by atoms with van der Waals surface area (Å²) in [5.74, 6) is -0.0781. The number of azide groups is 1. The highest BCUT2D eigenvalue weighted by molar-refractivity contribution is 5.83. The van der Waals surface area contributed by atoms with Gasteiger partial charge in [-0.3, -0.25) is 9.88 Å². The van der Waals surface area contributed by atoms with Crippen molar-refractivity contribution >= 4 is 11.9 Å². The SMILES string of the molecule is CCCCCCCCOC(=O)Nc1ccn(C2O[C@@](CO)(N=[N+]=[N-])[C@@H](O)[C@H]2O)c(=O)n1. The Morgan fingerprint density at radius 1 is 1.39 bits per heavy atom. The molecule has 1 saturated heterocycles. The lowest BCUT2D eigenvalue weighted by Gasteiger charge is -2.23. The van der Waals surface area contributed by atoms with Crippen LogP contribution in [0.1, 0.15) is 51.7 Å². The van der Waals surface area contributed by atoms with Crippen LogP contribution in [0.2, 0.25) is 0 Å². The first-order chi connectivity index (χ1) is 14.9. The summed E-state index contributed by atoms with van der Waals surface area (Å²) in [5.41, 5.74) is 5.57. The number of aromatic nitrogens is 2. The monoisotopic (exact) mass is 440 g/mol. The second-order valence-electron chi connectivity index (χ2n) is 7.17. The van der Waals surface area contributed by atoms with Gasteiger partial charge in [0.05, 0.1) is 13.2 Å². The van der Waals surface area contributed by atoms with Crippen molar-refractivity contribution in [1.29, 1.82) is 0 Å². The molecule has 0 aliphatic carbocycles. The van der Waals surface area contributed by atoms with Gasteiger partial charge in [-0.15, -0.1) is 0 Å². The van der Waals surface area contributed by atoms with E-state index in [4.69, 9.17) is 15.0 Å². The van der Waals surface area contributed by atoms with Gasteiger partial charge in [0, 0.05) is 11.1 Å². The molecule has 0 radical (unpaired) electrons. The lowest BCUT2D eigenvalue weighted by atomic mass is 10.1. The van der Waals surface area contributed by atoms with Crippen LogP contribution in [0.4, 0.5) is 10.6 Å². The van der Waals surface area contributed by atoms with Gasteiger partial charge in [-0.2, -0.15) is 4.98 Å². The van der Waals surface area contributed by atoms with Crippen molar-refractivity contribution in [3.05, 3.63) is 33.2 Å².